The van der Waals surface area contributed by atoms with Crippen LogP contribution in [0.1, 0.15) is 35.3 Å². The smallest absolute Gasteiger partial charge is 0.269 e. The molecule has 132 valence electrons. The minimum Gasteiger partial charge on any atom is -0.508 e. The number of aromatic amines is 1. The van der Waals surface area contributed by atoms with Crippen molar-refractivity contribution in [2.45, 2.75) is 31.7 Å². The molecule has 0 radical (unpaired) electrons. The Labute approximate surface area is 146 Å². The number of imidazole rings is 1. The van der Waals surface area contributed by atoms with Crippen molar-refractivity contribution in [2.24, 2.45) is 0 Å². The molecule has 1 saturated heterocycles. The molecule has 25 heavy (non-hydrogen) atoms. The van der Waals surface area contributed by atoms with E-state index in [0.29, 0.717) is 25.1 Å². The number of aromatic hydroxyl groups is 1. The van der Waals surface area contributed by atoms with Gasteiger partial charge in [0.15, 0.2) is 0 Å². The highest BCUT2D eigenvalue weighted by Crippen LogP contribution is 2.15. The van der Waals surface area contributed by atoms with E-state index in [-0.39, 0.29) is 23.6 Å². The fraction of sp³-hybridized carbons (Fsp3) is 0.389. The maximum atomic E-state index is 12.5. The number of aromatic nitrogens is 2. The molecule has 1 aliphatic heterocycles. The number of phenolic OH excluding ortho intramolecular Hbond substituents is 1. The van der Waals surface area contributed by atoms with E-state index in [1.807, 2.05) is 11.0 Å². The van der Waals surface area contributed by atoms with E-state index >= 15 is 0 Å². The predicted molar refractivity (Wildman–Crippen MR) is 92.1 cm³/mol. The van der Waals surface area contributed by atoms with Gasteiger partial charge >= 0.3 is 0 Å². The van der Waals surface area contributed by atoms with E-state index in [1.54, 1.807) is 18.2 Å². The van der Waals surface area contributed by atoms with Crippen LogP contribution in [0, 0.1) is 0 Å². The topological polar surface area (TPSA) is 98.3 Å². The van der Waals surface area contributed by atoms with Crippen LogP contribution in [0.15, 0.2) is 36.8 Å². The first-order valence-electron chi connectivity index (χ1n) is 8.47. The Bertz CT molecular complexity index is 730. The maximum absolute atomic E-state index is 12.5. The van der Waals surface area contributed by atoms with Crippen LogP contribution in [0.3, 0.4) is 0 Å². The van der Waals surface area contributed by atoms with Crippen molar-refractivity contribution in [3.8, 4) is 5.75 Å². The van der Waals surface area contributed by atoms with Crippen molar-refractivity contribution < 1.29 is 14.7 Å². The van der Waals surface area contributed by atoms with Crippen LogP contribution in [-0.2, 0) is 11.2 Å². The Hall–Kier alpha value is -2.83. The number of hydrogen-bond acceptors (Lipinski definition) is 4. The second kappa shape index (κ2) is 7.83. The van der Waals surface area contributed by atoms with E-state index in [1.165, 1.54) is 12.5 Å². The molecule has 0 spiro atoms. The quantitative estimate of drug-likeness (QED) is 0.766. The van der Waals surface area contributed by atoms with Crippen LogP contribution in [0.25, 0.3) is 0 Å². The highest BCUT2D eigenvalue weighted by atomic mass is 16.3. The maximum Gasteiger partial charge on any atom is 0.269 e. The molecule has 0 unspecified atom stereocenters. The van der Waals surface area contributed by atoms with Gasteiger partial charge in [-0.1, -0.05) is 12.1 Å². The number of aryl methyl sites for hydroxylation is 1. The minimum absolute atomic E-state index is 0.0470. The van der Waals surface area contributed by atoms with E-state index in [2.05, 4.69) is 15.3 Å². The summed E-state index contributed by atoms with van der Waals surface area (Å²) in [5.74, 6) is 0.0879. The monoisotopic (exact) mass is 342 g/mol. The lowest BCUT2D eigenvalue weighted by Crippen LogP contribution is -2.49. The summed E-state index contributed by atoms with van der Waals surface area (Å²) >= 11 is 0. The van der Waals surface area contributed by atoms with Crippen molar-refractivity contribution in [3.05, 3.63) is 48.0 Å². The number of hydrogen-bond donors (Lipinski definition) is 3. The number of H-pyrrole nitrogens is 1. The molecule has 0 saturated carbocycles. The number of benzene rings is 1. The number of amides is 2. The van der Waals surface area contributed by atoms with E-state index in [9.17, 15) is 14.7 Å². The molecule has 3 N–H and O–H groups in total. The number of nitrogens with zero attached hydrogens (tertiary/aromatic N) is 2. The van der Waals surface area contributed by atoms with Crippen LogP contribution in [0.4, 0.5) is 0 Å². The number of likely N-dealkylation sites (tertiary alicyclic amines) is 1. The highest BCUT2D eigenvalue weighted by Gasteiger charge is 2.25. The third-order valence-corrected chi connectivity index (χ3v) is 4.39. The molecule has 1 aromatic heterocycles. The summed E-state index contributed by atoms with van der Waals surface area (Å²) in [4.78, 5) is 33.0. The van der Waals surface area contributed by atoms with Gasteiger partial charge in [0.25, 0.3) is 5.91 Å². The minimum atomic E-state index is -0.198. The Morgan fingerprint density at radius 3 is 3.04 bits per heavy atom. The summed E-state index contributed by atoms with van der Waals surface area (Å²) in [6.45, 7) is 1.24. The lowest BCUT2D eigenvalue weighted by atomic mass is 10.0. The number of nitrogens with one attached hydrogen (secondary N) is 2. The van der Waals surface area contributed by atoms with Crippen molar-refractivity contribution in [3.63, 3.8) is 0 Å². The molecule has 1 atom stereocenters. The van der Waals surface area contributed by atoms with Crippen molar-refractivity contribution in [2.75, 3.05) is 13.1 Å². The van der Waals surface area contributed by atoms with Gasteiger partial charge in [0.2, 0.25) is 5.91 Å². The first-order chi connectivity index (χ1) is 12.1. The Morgan fingerprint density at radius 2 is 2.28 bits per heavy atom. The van der Waals surface area contributed by atoms with Gasteiger partial charge in [-0.05, 0) is 37.0 Å². The molecule has 7 heteroatoms. The number of piperidine rings is 1. The average Bonchev–Trinajstić information content (AvgIpc) is 3.15. The summed E-state index contributed by atoms with van der Waals surface area (Å²) in [5.41, 5.74) is 1.36. The molecule has 1 aromatic carbocycles. The molecular formula is C18H22N4O3. The van der Waals surface area contributed by atoms with E-state index in [0.717, 1.165) is 24.9 Å². The van der Waals surface area contributed by atoms with Gasteiger partial charge in [0, 0.05) is 25.6 Å². The van der Waals surface area contributed by atoms with Crippen molar-refractivity contribution >= 4 is 11.8 Å². The van der Waals surface area contributed by atoms with Crippen molar-refractivity contribution in [1.29, 1.82) is 0 Å². The Kier molecular flexibility index (Phi) is 5.33. The Morgan fingerprint density at radius 1 is 1.40 bits per heavy atom. The average molecular weight is 342 g/mol. The van der Waals surface area contributed by atoms with Gasteiger partial charge < -0.3 is 20.3 Å². The SMILES string of the molecule is O=C(N[C@@H]1CCCN(C(=O)CCc2cccc(O)c2)C1)c1cnc[nH]1. The molecule has 1 aliphatic rings. The predicted octanol–water partition coefficient (Wildman–Crippen LogP) is 1.47. The summed E-state index contributed by atoms with van der Waals surface area (Å²) in [5, 5.41) is 12.4. The Balaban J connectivity index is 1.50. The lowest BCUT2D eigenvalue weighted by molar-refractivity contribution is -0.132. The fourth-order valence-corrected chi connectivity index (χ4v) is 3.09. The van der Waals surface area contributed by atoms with E-state index < -0.39 is 0 Å². The lowest BCUT2D eigenvalue weighted by Gasteiger charge is -2.33. The molecule has 0 bridgehead atoms. The summed E-state index contributed by atoms with van der Waals surface area (Å²) in [7, 11) is 0. The van der Waals surface area contributed by atoms with Gasteiger partial charge in [-0.25, -0.2) is 4.98 Å². The number of carbonyl (C=O) groups is 2. The molecule has 2 heterocycles. The normalized spacial score (nSPS) is 17.3. The summed E-state index contributed by atoms with van der Waals surface area (Å²) in [6, 6.07) is 6.92. The number of rotatable bonds is 5. The summed E-state index contributed by atoms with van der Waals surface area (Å²) < 4.78 is 0. The fourth-order valence-electron chi connectivity index (χ4n) is 3.09. The van der Waals surface area contributed by atoms with Crippen LogP contribution < -0.4 is 5.32 Å². The van der Waals surface area contributed by atoms with Crippen LogP contribution in [-0.4, -0.2) is 50.9 Å². The largest absolute Gasteiger partial charge is 0.508 e. The van der Waals surface area contributed by atoms with Gasteiger partial charge in [-0.3, -0.25) is 9.59 Å². The highest BCUT2D eigenvalue weighted by molar-refractivity contribution is 5.92. The molecule has 0 aliphatic carbocycles. The van der Waals surface area contributed by atoms with Gasteiger partial charge in [0.1, 0.15) is 11.4 Å². The summed E-state index contributed by atoms with van der Waals surface area (Å²) in [6.07, 6.45) is 5.66. The van der Waals surface area contributed by atoms with Crippen LogP contribution in [0.2, 0.25) is 0 Å². The first kappa shape index (κ1) is 17.0. The zero-order valence-electron chi connectivity index (χ0n) is 13.9. The number of phenols is 1. The van der Waals surface area contributed by atoms with Crippen molar-refractivity contribution in [1.82, 2.24) is 20.2 Å². The molecular weight excluding hydrogens is 320 g/mol. The molecule has 2 aromatic rings. The van der Waals surface area contributed by atoms with Gasteiger partial charge in [-0.2, -0.15) is 0 Å². The molecule has 3 rings (SSSR count). The third kappa shape index (κ3) is 4.59. The molecule has 7 nitrogen and oxygen atoms in total. The third-order valence-electron chi connectivity index (χ3n) is 4.39. The number of carbonyl (C=O) groups excluding carboxylic acids is 2. The first-order valence-corrected chi connectivity index (χ1v) is 8.47. The van der Waals surface area contributed by atoms with Gasteiger partial charge in [0.05, 0.1) is 12.5 Å². The second-order valence-electron chi connectivity index (χ2n) is 6.29. The standard InChI is InChI=1S/C18H22N4O3/c23-15-5-1-3-13(9-15)6-7-17(24)22-8-2-4-14(11-22)21-18(25)16-10-19-12-20-16/h1,3,5,9-10,12,14,23H,2,4,6-8,11H2,(H,19,20)(H,21,25)/t14-/m1/s1. The zero-order chi connectivity index (χ0) is 17.6. The second-order valence-corrected chi connectivity index (χ2v) is 6.29. The van der Waals surface area contributed by atoms with Crippen LogP contribution in [0.5, 0.6) is 5.75 Å². The molecule has 2 amide bonds. The molecule has 1 fully saturated rings. The van der Waals surface area contributed by atoms with Gasteiger partial charge in [-0.15, -0.1) is 0 Å². The van der Waals surface area contributed by atoms with E-state index in [4.69, 9.17) is 0 Å². The van der Waals surface area contributed by atoms with Crippen LogP contribution >= 0.6 is 0 Å². The zero-order valence-corrected chi connectivity index (χ0v) is 13.9.